The number of nitrogens with one attached hydrogen (secondary N) is 1. The Balaban J connectivity index is 1.28. The van der Waals surface area contributed by atoms with Crippen LogP contribution in [-0.2, 0) is 11.3 Å². The highest BCUT2D eigenvalue weighted by atomic mass is 16.5. The van der Waals surface area contributed by atoms with Gasteiger partial charge in [0.15, 0.2) is 0 Å². The lowest BCUT2D eigenvalue weighted by atomic mass is 9.77. The lowest BCUT2D eigenvalue weighted by Crippen LogP contribution is -2.50. The minimum absolute atomic E-state index is 0.00349. The number of hydrogen-bond donors (Lipinski definition) is 1. The smallest absolute Gasteiger partial charge is 0.272 e. The van der Waals surface area contributed by atoms with Gasteiger partial charge in [0.2, 0.25) is 5.89 Å². The predicted octanol–water partition coefficient (Wildman–Crippen LogP) is 2.03. The molecule has 0 bridgehead atoms. The van der Waals surface area contributed by atoms with Crippen molar-refractivity contribution < 1.29 is 14.1 Å². The molecular weight excluding hydrogens is 384 g/mol. The second kappa shape index (κ2) is 8.02. The zero-order valence-corrected chi connectivity index (χ0v) is 17.7. The van der Waals surface area contributed by atoms with E-state index in [4.69, 9.17) is 9.26 Å². The molecule has 5 rings (SSSR count). The van der Waals surface area contributed by atoms with Gasteiger partial charge in [0.1, 0.15) is 5.69 Å². The van der Waals surface area contributed by atoms with Crippen molar-refractivity contribution in [3.05, 3.63) is 23.8 Å². The van der Waals surface area contributed by atoms with Gasteiger partial charge in [-0.05, 0) is 61.6 Å². The largest absolute Gasteiger partial charge is 0.376 e. The zero-order chi connectivity index (χ0) is 20.7. The van der Waals surface area contributed by atoms with Gasteiger partial charge >= 0.3 is 0 Å². The van der Waals surface area contributed by atoms with Gasteiger partial charge in [-0.2, -0.15) is 10.1 Å². The van der Waals surface area contributed by atoms with Crippen molar-refractivity contribution in [1.29, 1.82) is 0 Å². The molecule has 30 heavy (non-hydrogen) atoms. The molecule has 0 spiro atoms. The maximum atomic E-state index is 12.8. The second-order valence-electron chi connectivity index (χ2n) is 8.96. The van der Waals surface area contributed by atoms with Crippen LogP contribution in [0.25, 0.3) is 0 Å². The van der Waals surface area contributed by atoms with Crippen LogP contribution in [0.2, 0.25) is 0 Å². The highest BCUT2D eigenvalue weighted by Crippen LogP contribution is 2.40. The first-order valence-corrected chi connectivity index (χ1v) is 11.1. The number of hydrogen-bond acceptors (Lipinski definition) is 7. The molecule has 162 valence electrons. The topological polar surface area (TPSA) is 98.3 Å². The average Bonchev–Trinajstić information content (AvgIpc) is 3.12. The SMILES string of the molecule is CCn1ccc(C(=O)N[C@H]2C[C@H]3CN(c4noc(C)n4)C[C@H]3C[C@@H]2OCC2CC2)n1. The van der Waals surface area contributed by atoms with E-state index in [0.717, 1.165) is 39.1 Å². The zero-order valence-electron chi connectivity index (χ0n) is 17.7. The monoisotopic (exact) mass is 414 g/mol. The Kier molecular flexibility index (Phi) is 5.22. The number of amides is 1. The van der Waals surface area contributed by atoms with Crippen LogP contribution >= 0.6 is 0 Å². The van der Waals surface area contributed by atoms with E-state index >= 15 is 0 Å². The number of fused-ring (bicyclic) bond motifs is 1. The number of aryl methyl sites for hydroxylation is 2. The van der Waals surface area contributed by atoms with Crippen molar-refractivity contribution in [3.8, 4) is 0 Å². The van der Waals surface area contributed by atoms with Crippen molar-refractivity contribution >= 4 is 11.9 Å². The fraction of sp³-hybridized carbons (Fsp3) is 0.714. The van der Waals surface area contributed by atoms with E-state index < -0.39 is 0 Å². The summed E-state index contributed by atoms with van der Waals surface area (Å²) in [6.07, 6.45) is 6.24. The normalized spacial score (nSPS) is 28.5. The van der Waals surface area contributed by atoms with Crippen molar-refractivity contribution in [2.24, 2.45) is 17.8 Å². The number of rotatable bonds is 7. The Hall–Kier alpha value is -2.42. The summed E-state index contributed by atoms with van der Waals surface area (Å²) in [7, 11) is 0. The van der Waals surface area contributed by atoms with Crippen LogP contribution in [0.4, 0.5) is 5.95 Å². The summed E-state index contributed by atoms with van der Waals surface area (Å²) in [6.45, 7) is 7.16. The molecule has 3 fully saturated rings. The standard InChI is InChI=1S/C21H30N6O3/c1-3-27-7-6-17(24-27)20(28)23-18-8-15-10-26(21-22-13(2)30-25-21)11-16(15)9-19(18)29-12-14-4-5-14/h6-7,14-16,18-19H,3-5,8-12H2,1-2H3,(H,23,28)/t15-,16+,18-,19-/m0/s1. The quantitative estimate of drug-likeness (QED) is 0.740. The average molecular weight is 415 g/mol. The number of ether oxygens (including phenoxy) is 1. The molecule has 0 aromatic carbocycles. The summed E-state index contributed by atoms with van der Waals surface area (Å²) in [5, 5.41) is 11.7. The molecule has 2 saturated carbocycles. The minimum Gasteiger partial charge on any atom is -0.376 e. The summed E-state index contributed by atoms with van der Waals surface area (Å²) >= 11 is 0. The van der Waals surface area contributed by atoms with Crippen LogP contribution in [0.15, 0.2) is 16.8 Å². The van der Waals surface area contributed by atoms with E-state index in [1.54, 1.807) is 10.7 Å². The summed E-state index contributed by atoms with van der Waals surface area (Å²) < 4.78 is 13.3. The van der Waals surface area contributed by atoms with Gasteiger partial charge in [0, 0.05) is 39.4 Å². The van der Waals surface area contributed by atoms with E-state index in [9.17, 15) is 4.79 Å². The van der Waals surface area contributed by atoms with Crippen LogP contribution in [-0.4, -0.2) is 57.7 Å². The van der Waals surface area contributed by atoms with Crippen LogP contribution in [0.3, 0.4) is 0 Å². The molecule has 9 heteroatoms. The summed E-state index contributed by atoms with van der Waals surface area (Å²) in [5.74, 6) is 2.82. The fourth-order valence-corrected chi connectivity index (χ4v) is 4.78. The van der Waals surface area contributed by atoms with E-state index in [2.05, 4.69) is 25.5 Å². The van der Waals surface area contributed by atoms with Crippen LogP contribution < -0.4 is 10.2 Å². The number of anilines is 1. The Morgan fingerprint density at radius 3 is 2.77 bits per heavy atom. The molecule has 0 unspecified atom stereocenters. The first-order chi connectivity index (χ1) is 14.6. The van der Waals surface area contributed by atoms with Gasteiger partial charge in [-0.15, -0.1) is 0 Å². The van der Waals surface area contributed by atoms with Crippen molar-refractivity contribution in [1.82, 2.24) is 25.2 Å². The highest BCUT2D eigenvalue weighted by Gasteiger charge is 2.44. The Morgan fingerprint density at radius 1 is 1.30 bits per heavy atom. The third-order valence-electron chi connectivity index (χ3n) is 6.67. The van der Waals surface area contributed by atoms with Crippen molar-refractivity contribution in [3.63, 3.8) is 0 Å². The second-order valence-corrected chi connectivity index (χ2v) is 8.96. The molecule has 1 aliphatic heterocycles. The molecule has 1 amide bonds. The van der Waals surface area contributed by atoms with E-state index in [1.807, 2.05) is 20.0 Å². The van der Waals surface area contributed by atoms with Gasteiger partial charge in [0.25, 0.3) is 11.9 Å². The van der Waals surface area contributed by atoms with Crippen molar-refractivity contribution in [2.75, 3.05) is 24.6 Å². The minimum atomic E-state index is -0.116. The Labute approximate surface area is 176 Å². The molecule has 3 aliphatic rings. The lowest BCUT2D eigenvalue weighted by Gasteiger charge is -2.38. The highest BCUT2D eigenvalue weighted by molar-refractivity contribution is 5.92. The fourth-order valence-electron chi connectivity index (χ4n) is 4.78. The molecule has 4 atom stereocenters. The van der Waals surface area contributed by atoms with Gasteiger partial charge in [0.05, 0.1) is 12.1 Å². The molecule has 0 radical (unpaired) electrons. The van der Waals surface area contributed by atoms with Crippen LogP contribution in [0.1, 0.15) is 49.0 Å². The number of aromatic nitrogens is 4. The lowest BCUT2D eigenvalue weighted by molar-refractivity contribution is -0.0212. The predicted molar refractivity (Wildman–Crippen MR) is 109 cm³/mol. The molecule has 9 nitrogen and oxygen atoms in total. The molecule has 2 aliphatic carbocycles. The summed E-state index contributed by atoms with van der Waals surface area (Å²) in [5.41, 5.74) is 0.468. The van der Waals surface area contributed by atoms with Gasteiger partial charge in [-0.25, -0.2) is 0 Å². The van der Waals surface area contributed by atoms with Gasteiger partial charge in [-0.1, -0.05) is 0 Å². The van der Waals surface area contributed by atoms with Crippen molar-refractivity contribution in [2.45, 2.75) is 58.2 Å². The van der Waals surface area contributed by atoms with E-state index in [-0.39, 0.29) is 18.1 Å². The van der Waals surface area contributed by atoms with E-state index in [1.165, 1.54) is 12.8 Å². The van der Waals surface area contributed by atoms with Gasteiger partial charge < -0.3 is 19.5 Å². The summed E-state index contributed by atoms with van der Waals surface area (Å²) in [6, 6.07) is 1.77. The molecular formula is C21H30N6O3. The Morgan fingerprint density at radius 2 is 2.10 bits per heavy atom. The first-order valence-electron chi connectivity index (χ1n) is 11.1. The molecule has 1 saturated heterocycles. The number of carbonyl (C=O) groups excluding carboxylic acids is 1. The Bertz CT molecular complexity index is 891. The summed E-state index contributed by atoms with van der Waals surface area (Å²) in [4.78, 5) is 19.4. The third-order valence-corrected chi connectivity index (χ3v) is 6.67. The van der Waals surface area contributed by atoms with Crippen LogP contribution in [0, 0.1) is 24.7 Å². The third kappa shape index (κ3) is 4.08. The molecule has 3 heterocycles. The van der Waals surface area contributed by atoms with Gasteiger partial charge in [-0.3, -0.25) is 9.48 Å². The first kappa shape index (κ1) is 19.5. The maximum absolute atomic E-state index is 12.8. The van der Waals surface area contributed by atoms with E-state index in [0.29, 0.717) is 35.3 Å². The molecule has 1 N–H and O–H groups in total. The van der Waals surface area contributed by atoms with Crippen LogP contribution in [0.5, 0.6) is 0 Å². The molecule has 2 aromatic heterocycles. The maximum Gasteiger partial charge on any atom is 0.272 e. The number of carbonyl (C=O) groups is 1. The molecule has 2 aromatic rings. The number of nitrogens with zero attached hydrogens (tertiary/aromatic N) is 5.